The van der Waals surface area contributed by atoms with Gasteiger partial charge in [0.05, 0.1) is 5.69 Å². The Balaban J connectivity index is 2.48. The van der Waals surface area contributed by atoms with Crippen LogP contribution < -0.4 is 5.32 Å². The fourth-order valence-corrected chi connectivity index (χ4v) is 2.08. The number of anilines is 1. The van der Waals surface area contributed by atoms with Gasteiger partial charge in [-0.05, 0) is 17.5 Å². The van der Waals surface area contributed by atoms with Gasteiger partial charge in [0.2, 0.25) is 0 Å². The molecule has 0 aromatic heterocycles. The molecular weight excluding hydrogens is 280 g/mol. The molecule has 0 saturated carbocycles. The Morgan fingerprint density at radius 1 is 1.12 bits per heavy atom. The first-order valence-electron chi connectivity index (χ1n) is 5.25. The van der Waals surface area contributed by atoms with E-state index in [-0.39, 0.29) is 6.03 Å². The van der Waals surface area contributed by atoms with Crippen molar-refractivity contribution >= 4 is 38.4 Å². The van der Waals surface area contributed by atoms with Crippen LogP contribution in [0.2, 0.25) is 0 Å². The van der Waals surface area contributed by atoms with Crippen LogP contribution in [0, 0.1) is 0 Å². The zero-order valence-electron chi connectivity index (χ0n) is 9.70. The molecular formula is C13H13BrN2O. The Bertz CT molecular complexity index is 566. The maximum Gasteiger partial charge on any atom is 0.321 e. The summed E-state index contributed by atoms with van der Waals surface area (Å²) in [6.45, 7) is 0. The standard InChI is InChI=1S/C13H13BrN2O/c1-16(2)13(17)15-12-8-7-11(14)9-5-3-4-6-10(9)12/h3-8H,1-2H3,(H,15,17). The van der Waals surface area contributed by atoms with Crippen molar-refractivity contribution in [1.29, 1.82) is 0 Å². The number of carbonyl (C=O) groups excluding carboxylic acids is 1. The highest BCUT2D eigenvalue weighted by Gasteiger charge is 2.08. The summed E-state index contributed by atoms with van der Waals surface area (Å²) in [4.78, 5) is 13.2. The first kappa shape index (κ1) is 11.9. The molecule has 88 valence electrons. The van der Waals surface area contributed by atoms with Crippen molar-refractivity contribution in [2.24, 2.45) is 0 Å². The van der Waals surface area contributed by atoms with Gasteiger partial charge in [-0.25, -0.2) is 4.79 Å². The van der Waals surface area contributed by atoms with Crippen molar-refractivity contribution in [3.8, 4) is 0 Å². The molecule has 0 spiro atoms. The molecule has 3 nitrogen and oxygen atoms in total. The molecule has 1 N–H and O–H groups in total. The number of nitrogens with one attached hydrogen (secondary N) is 1. The maximum atomic E-state index is 11.6. The molecule has 4 heteroatoms. The van der Waals surface area contributed by atoms with Crippen LogP contribution in [0.5, 0.6) is 0 Å². The highest BCUT2D eigenvalue weighted by atomic mass is 79.9. The molecule has 2 aromatic carbocycles. The molecule has 0 radical (unpaired) electrons. The number of halogens is 1. The summed E-state index contributed by atoms with van der Waals surface area (Å²) < 4.78 is 1.02. The quantitative estimate of drug-likeness (QED) is 0.854. The normalized spacial score (nSPS) is 10.3. The number of benzene rings is 2. The zero-order valence-corrected chi connectivity index (χ0v) is 11.3. The second-order valence-corrected chi connectivity index (χ2v) is 4.82. The van der Waals surface area contributed by atoms with Crippen LogP contribution in [0.25, 0.3) is 10.8 Å². The molecule has 2 amide bonds. The molecule has 0 aliphatic carbocycles. The van der Waals surface area contributed by atoms with E-state index in [0.717, 1.165) is 20.9 Å². The minimum atomic E-state index is -0.127. The molecule has 2 aromatic rings. The highest BCUT2D eigenvalue weighted by molar-refractivity contribution is 9.10. The van der Waals surface area contributed by atoms with Crippen LogP contribution in [-0.4, -0.2) is 25.0 Å². The van der Waals surface area contributed by atoms with Crippen LogP contribution in [0.4, 0.5) is 10.5 Å². The Labute approximate surface area is 109 Å². The van der Waals surface area contributed by atoms with Crippen LogP contribution >= 0.6 is 15.9 Å². The molecule has 0 fully saturated rings. The van der Waals surface area contributed by atoms with Gasteiger partial charge in [-0.1, -0.05) is 40.2 Å². The van der Waals surface area contributed by atoms with Crippen LogP contribution in [0.15, 0.2) is 40.9 Å². The molecule has 0 aliphatic heterocycles. The lowest BCUT2D eigenvalue weighted by atomic mass is 10.1. The van der Waals surface area contributed by atoms with Crippen molar-refractivity contribution in [1.82, 2.24) is 4.90 Å². The van der Waals surface area contributed by atoms with Gasteiger partial charge in [0.1, 0.15) is 0 Å². The molecule has 0 atom stereocenters. The third-order valence-electron chi connectivity index (χ3n) is 2.52. The lowest BCUT2D eigenvalue weighted by Gasteiger charge is -2.14. The summed E-state index contributed by atoms with van der Waals surface area (Å²) in [6.07, 6.45) is 0. The first-order chi connectivity index (χ1) is 8.09. The van der Waals surface area contributed by atoms with Crippen molar-refractivity contribution in [3.63, 3.8) is 0 Å². The van der Waals surface area contributed by atoms with Crippen molar-refractivity contribution in [2.75, 3.05) is 19.4 Å². The second-order valence-electron chi connectivity index (χ2n) is 3.97. The number of fused-ring (bicyclic) bond motifs is 1. The number of nitrogens with zero attached hydrogens (tertiary/aromatic N) is 1. The van der Waals surface area contributed by atoms with E-state index >= 15 is 0 Å². The Hall–Kier alpha value is -1.55. The largest absolute Gasteiger partial charge is 0.331 e. The maximum absolute atomic E-state index is 11.6. The van der Waals surface area contributed by atoms with Gasteiger partial charge < -0.3 is 10.2 Å². The highest BCUT2D eigenvalue weighted by Crippen LogP contribution is 2.29. The average Bonchev–Trinajstić information content (AvgIpc) is 2.33. The number of amides is 2. The minimum Gasteiger partial charge on any atom is -0.331 e. The molecule has 0 heterocycles. The van der Waals surface area contributed by atoms with Gasteiger partial charge >= 0.3 is 6.03 Å². The Morgan fingerprint density at radius 2 is 1.76 bits per heavy atom. The summed E-state index contributed by atoms with van der Waals surface area (Å²) in [5, 5.41) is 4.99. The summed E-state index contributed by atoms with van der Waals surface area (Å²) >= 11 is 3.50. The van der Waals surface area contributed by atoms with Crippen molar-refractivity contribution in [3.05, 3.63) is 40.9 Å². The van der Waals surface area contributed by atoms with Crippen LogP contribution in [-0.2, 0) is 0 Å². The molecule has 2 rings (SSSR count). The molecule has 0 aliphatic rings. The predicted octanol–water partition coefficient (Wildman–Crippen LogP) is 3.70. The second kappa shape index (κ2) is 4.75. The third-order valence-corrected chi connectivity index (χ3v) is 3.21. The lowest BCUT2D eigenvalue weighted by Crippen LogP contribution is -2.27. The minimum absolute atomic E-state index is 0.127. The molecule has 0 unspecified atom stereocenters. The van der Waals surface area contributed by atoms with Gasteiger partial charge in [0.15, 0.2) is 0 Å². The summed E-state index contributed by atoms with van der Waals surface area (Å²) in [6, 6.07) is 11.7. The van der Waals surface area contributed by atoms with E-state index in [1.54, 1.807) is 14.1 Å². The van der Waals surface area contributed by atoms with Crippen molar-refractivity contribution < 1.29 is 4.79 Å². The average molecular weight is 293 g/mol. The number of urea groups is 1. The summed E-state index contributed by atoms with van der Waals surface area (Å²) in [5.74, 6) is 0. The number of rotatable bonds is 1. The van der Waals surface area contributed by atoms with Gasteiger partial charge in [-0.2, -0.15) is 0 Å². The lowest BCUT2D eigenvalue weighted by molar-refractivity contribution is 0.231. The number of hydrogen-bond acceptors (Lipinski definition) is 1. The number of hydrogen-bond donors (Lipinski definition) is 1. The molecule has 0 saturated heterocycles. The van der Waals surface area contributed by atoms with Crippen LogP contribution in [0.3, 0.4) is 0 Å². The van der Waals surface area contributed by atoms with Crippen LogP contribution in [0.1, 0.15) is 0 Å². The zero-order chi connectivity index (χ0) is 12.4. The molecule has 17 heavy (non-hydrogen) atoms. The first-order valence-corrected chi connectivity index (χ1v) is 6.04. The Morgan fingerprint density at radius 3 is 2.41 bits per heavy atom. The monoisotopic (exact) mass is 292 g/mol. The fraction of sp³-hybridized carbons (Fsp3) is 0.154. The fourth-order valence-electron chi connectivity index (χ4n) is 1.60. The van der Waals surface area contributed by atoms with Gasteiger partial charge in [0.25, 0.3) is 0 Å². The number of carbonyl (C=O) groups is 1. The van der Waals surface area contributed by atoms with Gasteiger partial charge in [-0.15, -0.1) is 0 Å². The summed E-state index contributed by atoms with van der Waals surface area (Å²) in [7, 11) is 3.44. The van der Waals surface area contributed by atoms with E-state index in [4.69, 9.17) is 0 Å². The van der Waals surface area contributed by atoms with E-state index in [2.05, 4.69) is 21.2 Å². The predicted molar refractivity (Wildman–Crippen MR) is 74.4 cm³/mol. The van der Waals surface area contributed by atoms with E-state index in [1.165, 1.54) is 4.90 Å². The van der Waals surface area contributed by atoms with Gasteiger partial charge in [-0.3, -0.25) is 0 Å². The van der Waals surface area contributed by atoms with Crippen molar-refractivity contribution in [2.45, 2.75) is 0 Å². The van der Waals surface area contributed by atoms with E-state index in [9.17, 15) is 4.79 Å². The van der Waals surface area contributed by atoms with Gasteiger partial charge in [0, 0.05) is 24.0 Å². The SMILES string of the molecule is CN(C)C(=O)Nc1ccc(Br)c2ccccc12. The van der Waals surface area contributed by atoms with E-state index in [1.807, 2.05) is 36.4 Å². The topological polar surface area (TPSA) is 32.3 Å². The van der Waals surface area contributed by atoms with E-state index < -0.39 is 0 Å². The summed E-state index contributed by atoms with van der Waals surface area (Å²) in [5.41, 5.74) is 0.822. The third kappa shape index (κ3) is 2.42. The van der Waals surface area contributed by atoms with E-state index in [0.29, 0.717) is 0 Å². The Kier molecular flexibility index (Phi) is 3.33. The molecule has 0 bridgehead atoms. The smallest absolute Gasteiger partial charge is 0.321 e.